The molecule has 0 aliphatic rings. The zero-order valence-corrected chi connectivity index (χ0v) is 8.93. The Hall–Kier alpha value is -1.07. The molecule has 0 heterocycles. The van der Waals surface area contributed by atoms with E-state index in [4.69, 9.17) is 5.11 Å². The van der Waals surface area contributed by atoms with Gasteiger partial charge in [0.25, 0.3) is 0 Å². The van der Waals surface area contributed by atoms with Crippen LogP contribution in [0.3, 0.4) is 0 Å². The highest BCUT2D eigenvalue weighted by Crippen LogP contribution is 2.13. The number of aliphatic hydroxyl groups is 1. The van der Waals surface area contributed by atoms with Gasteiger partial charge in [0, 0.05) is 19.2 Å². The molecule has 0 unspecified atom stereocenters. The zero-order valence-electron chi connectivity index (χ0n) is 8.93. The summed E-state index contributed by atoms with van der Waals surface area (Å²) in [6.45, 7) is 2.11. The molecule has 1 atom stereocenters. The summed E-state index contributed by atoms with van der Waals surface area (Å²) in [5.74, 6) is -3.83. The Labute approximate surface area is 92.1 Å². The van der Waals surface area contributed by atoms with Crippen molar-refractivity contribution < 1.29 is 18.3 Å². The summed E-state index contributed by atoms with van der Waals surface area (Å²) in [7, 11) is 0. The van der Waals surface area contributed by atoms with Crippen molar-refractivity contribution in [2.24, 2.45) is 0 Å². The number of rotatable bonds is 5. The van der Waals surface area contributed by atoms with Crippen LogP contribution in [-0.4, -0.2) is 17.8 Å². The Morgan fingerprint density at radius 1 is 1.25 bits per heavy atom. The number of halogens is 3. The van der Waals surface area contributed by atoms with Crippen LogP contribution in [0.1, 0.15) is 18.9 Å². The lowest BCUT2D eigenvalue weighted by molar-refractivity contribution is 0.268. The molecular formula is C11H14F3NO. The summed E-state index contributed by atoms with van der Waals surface area (Å²) in [5.41, 5.74) is 0.334. The van der Waals surface area contributed by atoms with Crippen molar-refractivity contribution in [1.82, 2.24) is 5.32 Å². The van der Waals surface area contributed by atoms with Crippen molar-refractivity contribution >= 4 is 0 Å². The lowest BCUT2D eigenvalue weighted by Crippen LogP contribution is -2.26. The fourth-order valence-electron chi connectivity index (χ4n) is 1.30. The van der Waals surface area contributed by atoms with E-state index < -0.39 is 17.5 Å². The molecule has 0 aliphatic carbocycles. The molecule has 0 spiro atoms. The Morgan fingerprint density at radius 3 is 2.31 bits per heavy atom. The number of benzene rings is 1. The zero-order chi connectivity index (χ0) is 12.1. The van der Waals surface area contributed by atoms with Gasteiger partial charge in [-0.2, -0.15) is 0 Å². The number of hydrogen-bond acceptors (Lipinski definition) is 2. The smallest absolute Gasteiger partial charge is 0.194 e. The highest BCUT2D eigenvalue weighted by Gasteiger charge is 2.10. The maximum atomic E-state index is 12.8. The topological polar surface area (TPSA) is 32.3 Å². The maximum Gasteiger partial charge on any atom is 0.194 e. The Kier molecular flexibility index (Phi) is 4.76. The van der Waals surface area contributed by atoms with E-state index in [0.29, 0.717) is 12.0 Å². The van der Waals surface area contributed by atoms with Gasteiger partial charge < -0.3 is 10.4 Å². The first kappa shape index (κ1) is 13.0. The minimum Gasteiger partial charge on any atom is -0.396 e. The predicted octanol–water partition coefficient (Wildman–Crippen LogP) is 1.96. The van der Waals surface area contributed by atoms with Crippen LogP contribution in [0.5, 0.6) is 0 Å². The molecule has 1 aromatic rings. The largest absolute Gasteiger partial charge is 0.396 e. The summed E-state index contributed by atoms with van der Waals surface area (Å²) in [5, 5.41) is 11.6. The van der Waals surface area contributed by atoms with E-state index in [1.807, 2.05) is 6.92 Å². The fourth-order valence-corrected chi connectivity index (χ4v) is 1.30. The Bertz CT molecular complexity index is 334. The van der Waals surface area contributed by atoms with Crippen molar-refractivity contribution in [2.45, 2.75) is 25.9 Å². The molecule has 5 heteroatoms. The molecule has 0 bridgehead atoms. The van der Waals surface area contributed by atoms with Crippen LogP contribution in [0.2, 0.25) is 0 Å². The molecule has 16 heavy (non-hydrogen) atoms. The van der Waals surface area contributed by atoms with Gasteiger partial charge in [-0.25, -0.2) is 13.2 Å². The van der Waals surface area contributed by atoms with Gasteiger partial charge in [-0.15, -0.1) is 0 Å². The second kappa shape index (κ2) is 5.86. The molecule has 0 saturated carbocycles. The molecule has 1 aromatic carbocycles. The summed E-state index contributed by atoms with van der Waals surface area (Å²) >= 11 is 0. The highest BCUT2D eigenvalue weighted by molar-refractivity contribution is 5.19. The Morgan fingerprint density at radius 2 is 1.81 bits per heavy atom. The third-order valence-corrected chi connectivity index (χ3v) is 2.26. The van der Waals surface area contributed by atoms with E-state index in [1.165, 1.54) is 0 Å². The van der Waals surface area contributed by atoms with E-state index in [-0.39, 0.29) is 19.2 Å². The lowest BCUT2D eigenvalue weighted by Gasteiger charge is -2.12. The average molecular weight is 233 g/mol. The van der Waals surface area contributed by atoms with Crippen molar-refractivity contribution in [3.05, 3.63) is 35.1 Å². The molecule has 0 aromatic heterocycles. The van der Waals surface area contributed by atoms with E-state index >= 15 is 0 Å². The van der Waals surface area contributed by atoms with Crippen LogP contribution < -0.4 is 5.32 Å². The van der Waals surface area contributed by atoms with Gasteiger partial charge in [0.15, 0.2) is 17.5 Å². The first-order chi connectivity index (χ1) is 7.54. The van der Waals surface area contributed by atoms with Crippen molar-refractivity contribution in [1.29, 1.82) is 0 Å². The molecule has 0 saturated heterocycles. The van der Waals surface area contributed by atoms with E-state index in [9.17, 15) is 13.2 Å². The summed E-state index contributed by atoms with van der Waals surface area (Å²) in [6.07, 6.45) is 0.548. The third-order valence-electron chi connectivity index (χ3n) is 2.26. The molecule has 90 valence electrons. The Balaban J connectivity index is 2.61. The van der Waals surface area contributed by atoms with Crippen LogP contribution in [0.15, 0.2) is 12.1 Å². The summed E-state index contributed by atoms with van der Waals surface area (Å²) < 4.78 is 38.3. The van der Waals surface area contributed by atoms with Crippen LogP contribution in [0.25, 0.3) is 0 Å². The minimum absolute atomic E-state index is 0.0289. The first-order valence-electron chi connectivity index (χ1n) is 5.02. The van der Waals surface area contributed by atoms with Crippen LogP contribution in [0.4, 0.5) is 13.2 Å². The molecule has 0 radical (unpaired) electrons. The van der Waals surface area contributed by atoms with Gasteiger partial charge in [0.1, 0.15) is 0 Å². The molecular weight excluding hydrogens is 219 g/mol. The van der Waals surface area contributed by atoms with Gasteiger partial charge in [0.05, 0.1) is 0 Å². The van der Waals surface area contributed by atoms with Crippen molar-refractivity contribution in [3.63, 3.8) is 0 Å². The van der Waals surface area contributed by atoms with Gasteiger partial charge in [0.2, 0.25) is 0 Å². The van der Waals surface area contributed by atoms with E-state index in [0.717, 1.165) is 12.1 Å². The summed E-state index contributed by atoms with van der Waals surface area (Å²) in [6, 6.07) is 1.94. The van der Waals surface area contributed by atoms with Gasteiger partial charge in [-0.3, -0.25) is 0 Å². The third kappa shape index (κ3) is 3.50. The van der Waals surface area contributed by atoms with Crippen LogP contribution in [-0.2, 0) is 6.54 Å². The standard InChI is InChI=1S/C11H14F3NO/c1-7(2-3-16)15-6-8-4-9(12)11(14)10(13)5-8/h4-5,7,15-16H,2-3,6H2,1H3/t7-/m1/s1. The fraction of sp³-hybridized carbons (Fsp3) is 0.455. The molecule has 2 N–H and O–H groups in total. The monoisotopic (exact) mass is 233 g/mol. The average Bonchev–Trinajstić information content (AvgIpc) is 2.23. The predicted molar refractivity (Wildman–Crippen MR) is 54.3 cm³/mol. The lowest BCUT2D eigenvalue weighted by atomic mass is 10.2. The minimum atomic E-state index is -1.45. The molecule has 0 amide bonds. The number of hydrogen-bond donors (Lipinski definition) is 2. The number of nitrogens with one attached hydrogen (secondary N) is 1. The van der Waals surface area contributed by atoms with E-state index in [1.54, 1.807) is 0 Å². The normalized spacial score (nSPS) is 12.8. The number of aliphatic hydroxyl groups excluding tert-OH is 1. The van der Waals surface area contributed by atoms with Gasteiger partial charge in [-0.1, -0.05) is 0 Å². The maximum absolute atomic E-state index is 12.8. The molecule has 1 rings (SSSR count). The quantitative estimate of drug-likeness (QED) is 0.762. The van der Waals surface area contributed by atoms with Gasteiger partial charge >= 0.3 is 0 Å². The second-order valence-electron chi connectivity index (χ2n) is 3.67. The molecule has 0 aliphatic heterocycles. The van der Waals surface area contributed by atoms with E-state index in [2.05, 4.69) is 5.32 Å². The van der Waals surface area contributed by atoms with Crippen molar-refractivity contribution in [3.8, 4) is 0 Å². The first-order valence-corrected chi connectivity index (χ1v) is 5.02. The summed E-state index contributed by atoms with van der Waals surface area (Å²) in [4.78, 5) is 0. The SMILES string of the molecule is C[C@H](CCO)NCc1cc(F)c(F)c(F)c1. The molecule has 0 fully saturated rings. The van der Waals surface area contributed by atoms with Crippen LogP contribution in [0, 0.1) is 17.5 Å². The highest BCUT2D eigenvalue weighted by atomic mass is 19.2. The molecule has 2 nitrogen and oxygen atoms in total. The van der Waals surface area contributed by atoms with Crippen LogP contribution >= 0.6 is 0 Å². The second-order valence-corrected chi connectivity index (χ2v) is 3.67. The van der Waals surface area contributed by atoms with Crippen molar-refractivity contribution in [2.75, 3.05) is 6.61 Å². The van der Waals surface area contributed by atoms with Gasteiger partial charge in [-0.05, 0) is 31.0 Å².